The molecule has 1 heterocycles. The summed E-state index contributed by atoms with van der Waals surface area (Å²) in [7, 11) is 5.76. The van der Waals surface area contributed by atoms with Crippen LogP contribution in [0.3, 0.4) is 0 Å². The monoisotopic (exact) mass is 318 g/mol. The van der Waals surface area contributed by atoms with Crippen LogP contribution in [0, 0.1) is 10.7 Å². The molecule has 1 saturated carbocycles. The van der Waals surface area contributed by atoms with E-state index in [2.05, 4.69) is 11.9 Å². The second kappa shape index (κ2) is 6.22. The zero-order valence-electron chi connectivity index (χ0n) is 13.3. The fraction of sp³-hybridized carbons (Fsp3) is 0.500. The Balaban J connectivity index is 1.82. The number of hydrogen-bond acceptors (Lipinski definition) is 4. The van der Waals surface area contributed by atoms with Gasteiger partial charge in [-0.1, -0.05) is 0 Å². The van der Waals surface area contributed by atoms with E-state index in [0.717, 1.165) is 41.0 Å². The molecule has 2 aromatic rings. The number of hydrogen-bond donors (Lipinski definition) is 0. The van der Waals surface area contributed by atoms with E-state index in [-0.39, 0.29) is 0 Å². The third kappa shape index (κ3) is 3.23. The molecule has 5 nitrogen and oxygen atoms in total. The van der Waals surface area contributed by atoms with Crippen LogP contribution in [0.25, 0.3) is 11.4 Å². The van der Waals surface area contributed by atoms with E-state index >= 15 is 0 Å². The van der Waals surface area contributed by atoms with Crippen LogP contribution in [-0.2, 0) is 13.7 Å². The first-order valence-electron chi connectivity index (χ1n) is 7.55. The molecule has 0 bridgehead atoms. The lowest BCUT2D eigenvalue weighted by atomic mass is 10.2. The van der Waals surface area contributed by atoms with Gasteiger partial charge < -0.3 is 9.30 Å². The van der Waals surface area contributed by atoms with Gasteiger partial charge in [0.15, 0.2) is 10.6 Å². The predicted molar refractivity (Wildman–Crippen MR) is 89.4 cm³/mol. The molecule has 6 heteroatoms. The summed E-state index contributed by atoms with van der Waals surface area (Å²) in [5.41, 5.74) is 1.04. The van der Waals surface area contributed by atoms with Crippen molar-refractivity contribution in [3.8, 4) is 17.1 Å². The van der Waals surface area contributed by atoms with Crippen LogP contribution in [-0.4, -0.2) is 39.9 Å². The maximum Gasteiger partial charge on any atom is 0.199 e. The first-order chi connectivity index (χ1) is 10.6. The van der Waals surface area contributed by atoms with Crippen LogP contribution in [0.4, 0.5) is 0 Å². The maximum absolute atomic E-state index is 5.52. The molecule has 0 unspecified atom stereocenters. The normalized spacial score (nSPS) is 14.5. The average Bonchev–Trinajstić information content (AvgIpc) is 3.29. The van der Waals surface area contributed by atoms with Crippen LogP contribution in [0.2, 0.25) is 0 Å². The van der Waals surface area contributed by atoms with Crippen LogP contribution in [0.5, 0.6) is 5.75 Å². The summed E-state index contributed by atoms with van der Waals surface area (Å²) in [5.74, 6) is 2.59. The highest BCUT2D eigenvalue weighted by atomic mass is 32.1. The van der Waals surface area contributed by atoms with Crippen LogP contribution in [0.15, 0.2) is 24.3 Å². The Labute approximate surface area is 136 Å². The van der Waals surface area contributed by atoms with E-state index in [9.17, 15) is 0 Å². The van der Waals surface area contributed by atoms with Gasteiger partial charge >= 0.3 is 0 Å². The lowest BCUT2D eigenvalue weighted by Gasteiger charge is -2.15. The van der Waals surface area contributed by atoms with Crippen molar-refractivity contribution in [3.63, 3.8) is 0 Å². The molecular formula is C16H22N4OS. The van der Waals surface area contributed by atoms with Crippen molar-refractivity contribution >= 4 is 12.2 Å². The molecule has 0 saturated heterocycles. The Morgan fingerprint density at radius 1 is 1.32 bits per heavy atom. The number of ether oxygens (including phenoxy) is 1. The molecule has 0 amide bonds. The van der Waals surface area contributed by atoms with E-state index < -0.39 is 0 Å². The minimum atomic E-state index is 0.735. The molecule has 3 rings (SSSR count). The fourth-order valence-corrected chi connectivity index (χ4v) is 2.78. The topological polar surface area (TPSA) is 35.2 Å². The second-order valence-electron chi connectivity index (χ2n) is 6.02. The maximum atomic E-state index is 5.52. The Hall–Kier alpha value is -1.66. The largest absolute Gasteiger partial charge is 0.497 e. The summed E-state index contributed by atoms with van der Waals surface area (Å²) in [5, 5.41) is 4.70. The molecule has 0 spiro atoms. The highest BCUT2D eigenvalue weighted by molar-refractivity contribution is 7.71. The van der Waals surface area contributed by atoms with Gasteiger partial charge in [0.25, 0.3) is 0 Å². The van der Waals surface area contributed by atoms with Gasteiger partial charge in [0.2, 0.25) is 0 Å². The zero-order chi connectivity index (χ0) is 15.7. The SMILES string of the molecule is COc1ccc(-c2nn(CN(C)CC3CC3)c(=S)n2C)cc1. The minimum Gasteiger partial charge on any atom is -0.497 e. The van der Waals surface area contributed by atoms with Gasteiger partial charge in [0.05, 0.1) is 13.8 Å². The highest BCUT2D eigenvalue weighted by Crippen LogP contribution is 2.29. The highest BCUT2D eigenvalue weighted by Gasteiger charge is 2.23. The number of nitrogens with zero attached hydrogens (tertiary/aromatic N) is 4. The quantitative estimate of drug-likeness (QED) is 0.767. The third-order valence-electron chi connectivity index (χ3n) is 4.03. The molecule has 0 aliphatic heterocycles. The predicted octanol–water partition coefficient (Wildman–Crippen LogP) is 2.93. The van der Waals surface area contributed by atoms with E-state index in [0.29, 0.717) is 0 Å². The van der Waals surface area contributed by atoms with Crippen molar-refractivity contribution < 1.29 is 4.74 Å². The van der Waals surface area contributed by atoms with Gasteiger partial charge in [-0.05, 0) is 62.3 Å². The molecular weight excluding hydrogens is 296 g/mol. The smallest absolute Gasteiger partial charge is 0.199 e. The third-order valence-corrected chi connectivity index (χ3v) is 4.52. The van der Waals surface area contributed by atoms with Crippen LogP contribution >= 0.6 is 12.2 Å². The zero-order valence-corrected chi connectivity index (χ0v) is 14.1. The number of rotatable bonds is 6. The molecule has 1 aromatic heterocycles. The van der Waals surface area contributed by atoms with Crippen molar-refractivity contribution in [1.29, 1.82) is 0 Å². The van der Waals surface area contributed by atoms with E-state index in [1.807, 2.05) is 40.6 Å². The van der Waals surface area contributed by atoms with Gasteiger partial charge in [-0.15, -0.1) is 0 Å². The van der Waals surface area contributed by atoms with Gasteiger partial charge in [-0.2, -0.15) is 5.10 Å². The standard InChI is InChI=1S/C16H22N4OS/c1-18(10-12-4-5-12)11-20-16(22)19(2)15(17-20)13-6-8-14(21-3)9-7-13/h6-9,12H,4-5,10-11H2,1-3H3. The van der Waals surface area contributed by atoms with E-state index in [1.165, 1.54) is 12.8 Å². The molecule has 1 aliphatic carbocycles. The van der Waals surface area contributed by atoms with Crippen molar-refractivity contribution in [1.82, 2.24) is 19.2 Å². The Morgan fingerprint density at radius 2 is 2.00 bits per heavy atom. The molecule has 1 aliphatic rings. The minimum absolute atomic E-state index is 0.735. The van der Waals surface area contributed by atoms with Gasteiger partial charge in [-0.3, -0.25) is 4.90 Å². The molecule has 0 radical (unpaired) electrons. The Kier molecular flexibility index (Phi) is 4.31. The summed E-state index contributed by atoms with van der Waals surface area (Å²) < 4.78 is 9.80. The second-order valence-corrected chi connectivity index (χ2v) is 6.38. The Morgan fingerprint density at radius 3 is 2.59 bits per heavy atom. The Bertz CT molecular complexity index is 700. The number of benzene rings is 1. The summed E-state index contributed by atoms with van der Waals surface area (Å²) in [4.78, 5) is 2.29. The summed E-state index contributed by atoms with van der Waals surface area (Å²) >= 11 is 5.52. The number of aromatic nitrogens is 3. The van der Waals surface area contributed by atoms with Crippen molar-refractivity contribution in [3.05, 3.63) is 29.0 Å². The molecule has 0 atom stereocenters. The molecule has 118 valence electrons. The van der Waals surface area contributed by atoms with E-state index in [4.69, 9.17) is 22.1 Å². The van der Waals surface area contributed by atoms with Gasteiger partial charge in [0, 0.05) is 19.2 Å². The summed E-state index contributed by atoms with van der Waals surface area (Å²) in [6.45, 7) is 1.86. The summed E-state index contributed by atoms with van der Waals surface area (Å²) in [6, 6.07) is 7.90. The number of methoxy groups -OCH3 is 1. The lowest BCUT2D eigenvalue weighted by Crippen LogP contribution is -2.25. The van der Waals surface area contributed by atoms with Crippen molar-refractivity contribution in [2.24, 2.45) is 13.0 Å². The first-order valence-corrected chi connectivity index (χ1v) is 7.96. The van der Waals surface area contributed by atoms with Crippen molar-refractivity contribution in [2.45, 2.75) is 19.5 Å². The average molecular weight is 318 g/mol. The molecule has 1 fully saturated rings. The first kappa shape index (κ1) is 15.2. The van der Waals surface area contributed by atoms with Gasteiger partial charge in [-0.25, -0.2) is 4.68 Å². The van der Waals surface area contributed by atoms with Gasteiger partial charge in [0.1, 0.15) is 5.75 Å². The van der Waals surface area contributed by atoms with Crippen molar-refractivity contribution in [2.75, 3.05) is 20.7 Å². The molecule has 1 aromatic carbocycles. The summed E-state index contributed by atoms with van der Waals surface area (Å²) in [6.07, 6.45) is 2.71. The molecule has 22 heavy (non-hydrogen) atoms. The lowest BCUT2D eigenvalue weighted by molar-refractivity contribution is 0.242. The molecule has 0 N–H and O–H groups in total. The van der Waals surface area contributed by atoms with E-state index in [1.54, 1.807) is 7.11 Å². The van der Waals surface area contributed by atoms with Crippen LogP contribution < -0.4 is 4.74 Å². The van der Waals surface area contributed by atoms with Crippen LogP contribution in [0.1, 0.15) is 12.8 Å². The fourth-order valence-electron chi connectivity index (χ4n) is 2.60.